The summed E-state index contributed by atoms with van der Waals surface area (Å²) in [5.74, 6) is 0.134. The molecule has 2 aromatic carbocycles. The van der Waals surface area contributed by atoms with Crippen molar-refractivity contribution in [3.8, 4) is 11.5 Å². The largest absolute Gasteiger partial charge is 0.444 e. The van der Waals surface area contributed by atoms with Crippen LogP contribution < -0.4 is 5.32 Å². The van der Waals surface area contributed by atoms with Crippen LogP contribution in [0.5, 0.6) is 0 Å². The molecule has 0 bridgehead atoms. The SMILES string of the molecule is COC(c1ccccc1)C(C)(NC(=O)OC(C)(C)C)c1nnc(-c2cccc(C(=O)N(C)Cc3nc(C)cs3)c2)o1. The summed E-state index contributed by atoms with van der Waals surface area (Å²) in [5.41, 5.74) is 0.714. The maximum absolute atomic E-state index is 13.2. The van der Waals surface area contributed by atoms with Gasteiger partial charge in [-0.2, -0.15) is 0 Å². The van der Waals surface area contributed by atoms with Gasteiger partial charge in [-0.15, -0.1) is 21.5 Å². The Kier molecular flexibility index (Phi) is 8.89. The van der Waals surface area contributed by atoms with Crippen LogP contribution in [0.1, 0.15) is 66.3 Å². The van der Waals surface area contributed by atoms with Crippen LogP contribution in [-0.2, 0) is 21.6 Å². The topological polar surface area (TPSA) is 120 Å². The number of alkyl carbamates (subject to hydrolysis) is 1. The first kappa shape index (κ1) is 29.9. The molecule has 0 saturated carbocycles. The predicted molar refractivity (Wildman–Crippen MR) is 155 cm³/mol. The summed E-state index contributed by atoms with van der Waals surface area (Å²) in [7, 11) is 3.28. The van der Waals surface area contributed by atoms with Crippen molar-refractivity contribution < 1.29 is 23.5 Å². The molecule has 0 radical (unpaired) electrons. The number of benzene rings is 2. The third-order valence-electron chi connectivity index (χ3n) is 6.23. The van der Waals surface area contributed by atoms with Crippen LogP contribution in [0.2, 0.25) is 0 Å². The Hall–Kier alpha value is -4.09. The van der Waals surface area contributed by atoms with Crippen molar-refractivity contribution in [3.05, 3.63) is 87.7 Å². The highest BCUT2D eigenvalue weighted by Crippen LogP contribution is 2.38. The average Bonchev–Trinajstić information content (AvgIpc) is 3.58. The number of hydrogen-bond acceptors (Lipinski definition) is 9. The minimum Gasteiger partial charge on any atom is -0.444 e. The number of ether oxygens (including phenoxy) is 2. The van der Waals surface area contributed by atoms with E-state index in [0.29, 0.717) is 17.7 Å². The second kappa shape index (κ2) is 12.2. The van der Waals surface area contributed by atoms with Crippen molar-refractivity contribution in [2.75, 3.05) is 14.2 Å². The zero-order valence-corrected chi connectivity index (χ0v) is 25.1. The molecule has 0 spiro atoms. The van der Waals surface area contributed by atoms with Gasteiger partial charge in [0.05, 0.1) is 6.54 Å². The second-order valence-electron chi connectivity index (χ2n) is 10.9. The molecule has 11 heteroatoms. The van der Waals surface area contributed by atoms with Gasteiger partial charge in [0, 0.05) is 36.4 Å². The lowest BCUT2D eigenvalue weighted by molar-refractivity contribution is -0.00579. The monoisotopic (exact) mass is 577 g/mol. The molecule has 2 atom stereocenters. The van der Waals surface area contributed by atoms with Gasteiger partial charge in [-0.25, -0.2) is 9.78 Å². The van der Waals surface area contributed by atoms with E-state index in [2.05, 4.69) is 20.5 Å². The van der Waals surface area contributed by atoms with E-state index in [9.17, 15) is 9.59 Å². The number of aryl methyl sites for hydroxylation is 1. The van der Waals surface area contributed by atoms with Gasteiger partial charge < -0.3 is 24.1 Å². The molecular formula is C30H35N5O5S. The molecule has 0 aliphatic heterocycles. The fraction of sp³-hybridized carbons (Fsp3) is 0.367. The zero-order chi connectivity index (χ0) is 29.8. The van der Waals surface area contributed by atoms with Crippen LogP contribution in [0.15, 0.2) is 64.4 Å². The average molecular weight is 578 g/mol. The fourth-order valence-corrected chi connectivity index (χ4v) is 5.21. The molecule has 4 rings (SSSR count). The smallest absolute Gasteiger partial charge is 0.408 e. The summed E-state index contributed by atoms with van der Waals surface area (Å²) < 4.78 is 17.6. The summed E-state index contributed by atoms with van der Waals surface area (Å²) in [5, 5.41) is 14.3. The van der Waals surface area contributed by atoms with E-state index < -0.39 is 23.3 Å². The Morgan fingerprint density at radius 3 is 2.44 bits per heavy atom. The van der Waals surface area contributed by atoms with Crippen molar-refractivity contribution in [2.24, 2.45) is 0 Å². The molecule has 2 aromatic heterocycles. The molecule has 0 saturated heterocycles. The van der Waals surface area contributed by atoms with E-state index in [-0.39, 0.29) is 17.7 Å². The first-order valence-electron chi connectivity index (χ1n) is 13.1. The van der Waals surface area contributed by atoms with E-state index in [0.717, 1.165) is 16.3 Å². The highest BCUT2D eigenvalue weighted by molar-refractivity contribution is 7.09. The lowest BCUT2D eigenvalue weighted by Crippen LogP contribution is -2.50. The number of nitrogens with one attached hydrogen (secondary N) is 1. The number of hydrogen-bond donors (Lipinski definition) is 1. The molecule has 41 heavy (non-hydrogen) atoms. The molecule has 2 amide bonds. The molecule has 0 aliphatic carbocycles. The first-order valence-corrected chi connectivity index (χ1v) is 14.0. The molecule has 0 fully saturated rings. The Balaban J connectivity index is 1.65. The Bertz CT molecular complexity index is 1500. The fourth-order valence-electron chi connectivity index (χ4n) is 4.39. The number of carbonyl (C=O) groups excluding carboxylic acids is 2. The number of amides is 2. The van der Waals surface area contributed by atoms with Crippen molar-refractivity contribution in [3.63, 3.8) is 0 Å². The number of aromatic nitrogens is 3. The highest BCUT2D eigenvalue weighted by atomic mass is 32.1. The normalized spacial score (nSPS) is 13.7. The number of methoxy groups -OCH3 is 1. The van der Waals surface area contributed by atoms with E-state index in [4.69, 9.17) is 13.9 Å². The Morgan fingerprint density at radius 2 is 1.80 bits per heavy atom. The van der Waals surface area contributed by atoms with Gasteiger partial charge in [0.2, 0.25) is 11.8 Å². The van der Waals surface area contributed by atoms with Crippen LogP contribution in [0, 0.1) is 6.92 Å². The van der Waals surface area contributed by atoms with Crippen molar-refractivity contribution in [1.29, 1.82) is 0 Å². The summed E-state index contributed by atoms with van der Waals surface area (Å²) in [6.07, 6.45) is -1.36. The summed E-state index contributed by atoms with van der Waals surface area (Å²) in [6.45, 7) is 9.41. The second-order valence-corrected chi connectivity index (χ2v) is 11.8. The molecule has 1 N–H and O–H groups in total. The zero-order valence-electron chi connectivity index (χ0n) is 24.3. The van der Waals surface area contributed by atoms with Crippen LogP contribution in [0.4, 0.5) is 4.79 Å². The lowest BCUT2D eigenvalue weighted by atomic mass is 9.89. The van der Waals surface area contributed by atoms with Gasteiger partial charge in [-0.05, 0) is 58.4 Å². The third-order valence-corrected chi connectivity index (χ3v) is 7.19. The van der Waals surface area contributed by atoms with E-state index in [1.165, 1.54) is 11.3 Å². The minimum absolute atomic E-state index is 0.113. The van der Waals surface area contributed by atoms with Crippen LogP contribution in [0.3, 0.4) is 0 Å². The number of nitrogens with zero attached hydrogens (tertiary/aromatic N) is 4. The molecule has 0 aliphatic rings. The Morgan fingerprint density at radius 1 is 1.07 bits per heavy atom. The summed E-state index contributed by atoms with van der Waals surface area (Å²) in [6, 6.07) is 16.4. The predicted octanol–water partition coefficient (Wildman–Crippen LogP) is 5.90. The highest BCUT2D eigenvalue weighted by Gasteiger charge is 2.45. The maximum atomic E-state index is 13.2. The van der Waals surface area contributed by atoms with Crippen molar-refractivity contribution in [1.82, 2.24) is 25.4 Å². The van der Waals surface area contributed by atoms with Crippen LogP contribution >= 0.6 is 11.3 Å². The third kappa shape index (κ3) is 7.17. The molecule has 2 heterocycles. The maximum Gasteiger partial charge on any atom is 0.408 e. The summed E-state index contributed by atoms with van der Waals surface area (Å²) >= 11 is 1.52. The molecule has 2 unspecified atom stereocenters. The molecule has 216 valence electrons. The standard InChI is InChI=1S/C30H35N5O5S/c1-19-18-41-23(31-19)17-35(6)26(36)22-15-11-14-21(16-22)25-33-34-27(39-25)30(5,32-28(37)40-29(2,3)4)24(38-7)20-12-9-8-10-13-20/h8-16,18,24H,17H2,1-7H3,(H,32,37). The number of carbonyl (C=O) groups is 2. The molecule has 10 nitrogen and oxygen atoms in total. The number of rotatable bonds is 9. The summed E-state index contributed by atoms with van der Waals surface area (Å²) in [4.78, 5) is 32.2. The molecule has 4 aromatic rings. The molecular weight excluding hydrogens is 542 g/mol. The van der Waals surface area contributed by atoms with Crippen LogP contribution in [0.25, 0.3) is 11.5 Å². The van der Waals surface area contributed by atoms with Gasteiger partial charge in [0.1, 0.15) is 22.3 Å². The number of thiazole rings is 1. The van der Waals surface area contributed by atoms with Gasteiger partial charge in [-0.3, -0.25) is 4.79 Å². The van der Waals surface area contributed by atoms with Crippen LogP contribution in [-0.4, -0.2) is 51.8 Å². The van der Waals surface area contributed by atoms with Crippen molar-refractivity contribution in [2.45, 2.75) is 58.4 Å². The minimum atomic E-state index is -1.30. The van der Waals surface area contributed by atoms with Gasteiger partial charge >= 0.3 is 6.09 Å². The van der Waals surface area contributed by atoms with E-state index >= 15 is 0 Å². The van der Waals surface area contributed by atoms with E-state index in [1.807, 2.05) is 42.6 Å². The lowest BCUT2D eigenvalue weighted by Gasteiger charge is -2.35. The van der Waals surface area contributed by atoms with Gasteiger partial charge in [0.15, 0.2) is 0 Å². The first-order chi connectivity index (χ1) is 19.4. The van der Waals surface area contributed by atoms with Gasteiger partial charge in [0.25, 0.3) is 5.91 Å². The Labute approximate surface area is 243 Å². The van der Waals surface area contributed by atoms with Gasteiger partial charge in [-0.1, -0.05) is 36.4 Å². The quantitative estimate of drug-likeness (QED) is 0.261. The van der Waals surface area contributed by atoms with E-state index in [1.54, 1.807) is 71.0 Å². The van der Waals surface area contributed by atoms with Crippen molar-refractivity contribution >= 4 is 23.3 Å².